The van der Waals surface area contributed by atoms with E-state index in [1.165, 1.54) is 68.8 Å². The van der Waals surface area contributed by atoms with Gasteiger partial charge in [0.1, 0.15) is 22.1 Å². The quantitative estimate of drug-likeness (QED) is 0.516. The van der Waals surface area contributed by atoms with Crippen LogP contribution in [0.15, 0.2) is 75.4 Å². The maximum atomic E-state index is 13.0. The number of benzene rings is 3. The highest BCUT2D eigenvalue weighted by molar-refractivity contribution is 7.93. The smallest absolute Gasteiger partial charge is 0.261 e. The fourth-order valence-electron chi connectivity index (χ4n) is 2.84. The molecule has 0 saturated carbocycles. The zero-order chi connectivity index (χ0) is 22.8. The Morgan fingerprint density at radius 3 is 1.74 bits per heavy atom. The van der Waals surface area contributed by atoms with Gasteiger partial charge in [-0.05, 0) is 73.2 Å². The second kappa shape index (κ2) is 8.48. The Labute approximate surface area is 181 Å². The molecule has 0 aliphatic heterocycles. The van der Waals surface area contributed by atoms with Crippen molar-refractivity contribution in [3.63, 3.8) is 0 Å². The van der Waals surface area contributed by atoms with Crippen LogP contribution in [0, 0.1) is 6.92 Å². The number of sulfone groups is 1. The van der Waals surface area contributed by atoms with Crippen LogP contribution in [0.3, 0.4) is 0 Å². The summed E-state index contributed by atoms with van der Waals surface area (Å²) in [5.41, 5.74) is 0.379. The largest absolute Gasteiger partial charge is 0.507 e. The third kappa shape index (κ3) is 4.59. The van der Waals surface area contributed by atoms with Crippen LogP contribution in [0.4, 0.5) is 5.69 Å². The van der Waals surface area contributed by atoms with E-state index >= 15 is 0 Å². The van der Waals surface area contributed by atoms with E-state index in [-0.39, 0.29) is 15.5 Å². The lowest BCUT2D eigenvalue weighted by molar-refractivity contribution is 0.414. The topological polar surface area (TPSA) is 119 Å². The van der Waals surface area contributed by atoms with Crippen molar-refractivity contribution in [3.05, 3.63) is 66.2 Å². The van der Waals surface area contributed by atoms with Crippen molar-refractivity contribution in [2.75, 3.05) is 18.9 Å². The number of nitrogens with one attached hydrogen (secondary N) is 1. The van der Waals surface area contributed by atoms with Gasteiger partial charge in [0.15, 0.2) is 0 Å². The zero-order valence-electron chi connectivity index (χ0n) is 17.0. The molecule has 3 aromatic rings. The number of ether oxygens (including phenoxy) is 2. The van der Waals surface area contributed by atoms with E-state index in [1.807, 2.05) is 0 Å². The molecule has 0 aliphatic rings. The van der Waals surface area contributed by atoms with Gasteiger partial charge in [0.2, 0.25) is 9.84 Å². The molecule has 3 aromatic carbocycles. The van der Waals surface area contributed by atoms with Crippen molar-refractivity contribution in [1.29, 1.82) is 0 Å². The summed E-state index contributed by atoms with van der Waals surface area (Å²) >= 11 is 0. The van der Waals surface area contributed by atoms with Crippen LogP contribution in [0.5, 0.6) is 17.2 Å². The fourth-order valence-corrected chi connectivity index (χ4v) is 5.32. The number of rotatable bonds is 7. The number of phenols is 1. The van der Waals surface area contributed by atoms with Crippen molar-refractivity contribution in [2.24, 2.45) is 0 Å². The van der Waals surface area contributed by atoms with Crippen molar-refractivity contribution < 1.29 is 31.4 Å². The van der Waals surface area contributed by atoms with Gasteiger partial charge < -0.3 is 14.6 Å². The Morgan fingerprint density at radius 2 is 1.26 bits per heavy atom. The summed E-state index contributed by atoms with van der Waals surface area (Å²) in [6.07, 6.45) is 0. The minimum atomic E-state index is -4.12. The molecule has 8 nitrogen and oxygen atoms in total. The molecule has 3 rings (SSSR count). The lowest BCUT2D eigenvalue weighted by atomic mass is 10.2. The van der Waals surface area contributed by atoms with Crippen molar-refractivity contribution in [1.82, 2.24) is 0 Å². The SMILES string of the molecule is COc1ccc(S(=O)(=O)Nc2cc(S(=O)(=O)c3ccc(OC)cc3)c(O)cc2C)cc1. The third-order valence-electron chi connectivity index (χ3n) is 4.58. The first-order valence-corrected chi connectivity index (χ1v) is 11.9. The molecule has 0 spiro atoms. The minimum Gasteiger partial charge on any atom is -0.507 e. The molecular weight excluding hydrogens is 442 g/mol. The first-order valence-electron chi connectivity index (χ1n) is 8.98. The van der Waals surface area contributed by atoms with Gasteiger partial charge in [-0.25, -0.2) is 16.8 Å². The number of methoxy groups -OCH3 is 2. The first kappa shape index (κ1) is 22.4. The summed E-state index contributed by atoms with van der Waals surface area (Å²) in [4.78, 5) is -0.521. The highest BCUT2D eigenvalue weighted by Gasteiger charge is 2.25. The van der Waals surface area contributed by atoms with Gasteiger partial charge in [0.05, 0.1) is 29.7 Å². The van der Waals surface area contributed by atoms with Crippen molar-refractivity contribution in [2.45, 2.75) is 21.6 Å². The molecular formula is C21H21NO7S2. The van der Waals surface area contributed by atoms with Crippen LogP contribution in [0.2, 0.25) is 0 Å². The number of sulfonamides is 1. The molecule has 0 unspecified atom stereocenters. The highest BCUT2D eigenvalue weighted by atomic mass is 32.2. The molecule has 0 bridgehead atoms. The number of anilines is 1. The molecule has 0 heterocycles. The molecule has 0 aliphatic carbocycles. The van der Waals surface area contributed by atoms with E-state index in [1.54, 1.807) is 6.92 Å². The molecule has 10 heteroatoms. The second-order valence-electron chi connectivity index (χ2n) is 6.59. The number of hydrogen-bond acceptors (Lipinski definition) is 7. The van der Waals surface area contributed by atoms with Gasteiger partial charge in [0, 0.05) is 0 Å². The number of hydrogen-bond donors (Lipinski definition) is 2. The van der Waals surface area contributed by atoms with Crippen LogP contribution < -0.4 is 14.2 Å². The summed E-state index contributed by atoms with van der Waals surface area (Å²) in [5, 5.41) is 10.3. The maximum absolute atomic E-state index is 13.0. The highest BCUT2D eigenvalue weighted by Crippen LogP contribution is 2.34. The predicted octanol–water partition coefficient (Wildman–Crippen LogP) is 3.35. The van der Waals surface area contributed by atoms with Crippen molar-refractivity contribution >= 4 is 25.5 Å². The second-order valence-corrected chi connectivity index (χ2v) is 10.2. The third-order valence-corrected chi connectivity index (χ3v) is 7.76. The average molecular weight is 464 g/mol. The lowest BCUT2D eigenvalue weighted by Crippen LogP contribution is -2.14. The minimum absolute atomic E-state index is 0.0275. The van der Waals surface area contributed by atoms with Crippen LogP contribution in [0.25, 0.3) is 0 Å². The van der Waals surface area contributed by atoms with Crippen LogP contribution >= 0.6 is 0 Å². The molecule has 164 valence electrons. The van der Waals surface area contributed by atoms with E-state index in [0.29, 0.717) is 17.1 Å². The van der Waals surface area contributed by atoms with Gasteiger partial charge in [-0.15, -0.1) is 0 Å². The number of phenolic OH excluding ortho intramolecular Hbond substituents is 1. The van der Waals surface area contributed by atoms with Gasteiger partial charge in [0.25, 0.3) is 10.0 Å². The summed E-state index contributed by atoms with van der Waals surface area (Å²) in [7, 11) is -5.21. The summed E-state index contributed by atoms with van der Waals surface area (Å²) < 4.78 is 64.0. The Kier molecular flexibility index (Phi) is 6.14. The summed E-state index contributed by atoms with van der Waals surface area (Å²) in [6, 6.07) is 13.7. The van der Waals surface area contributed by atoms with Crippen molar-refractivity contribution in [3.8, 4) is 17.2 Å². The van der Waals surface area contributed by atoms with Gasteiger partial charge in [-0.3, -0.25) is 4.72 Å². The zero-order valence-corrected chi connectivity index (χ0v) is 18.6. The van der Waals surface area contributed by atoms with E-state index in [4.69, 9.17) is 9.47 Å². The van der Waals surface area contributed by atoms with E-state index < -0.39 is 30.5 Å². The van der Waals surface area contributed by atoms with Gasteiger partial charge in [-0.2, -0.15) is 0 Å². The fraction of sp³-hybridized carbons (Fsp3) is 0.143. The van der Waals surface area contributed by atoms with Gasteiger partial charge >= 0.3 is 0 Å². The molecule has 0 atom stereocenters. The Morgan fingerprint density at radius 1 is 0.774 bits per heavy atom. The molecule has 31 heavy (non-hydrogen) atoms. The van der Waals surface area contributed by atoms with E-state index in [0.717, 1.165) is 6.07 Å². The monoisotopic (exact) mass is 463 g/mol. The number of aryl methyl sites for hydroxylation is 1. The maximum Gasteiger partial charge on any atom is 0.261 e. The Balaban J connectivity index is 2.02. The van der Waals surface area contributed by atoms with Crippen LogP contribution in [-0.2, 0) is 19.9 Å². The molecule has 2 N–H and O–H groups in total. The van der Waals surface area contributed by atoms with Gasteiger partial charge in [-0.1, -0.05) is 0 Å². The first-order chi connectivity index (χ1) is 14.6. The lowest BCUT2D eigenvalue weighted by Gasteiger charge is -2.14. The normalized spacial score (nSPS) is 11.7. The Bertz CT molecular complexity index is 1300. The Hall–Kier alpha value is -3.24. The molecule has 0 radical (unpaired) electrons. The standard InChI is InChI=1S/C21H21NO7S2/c1-14-12-20(23)21(30(24,25)17-8-4-15(28-2)5-9-17)13-19(14)22-31(26,27)18-10-6-16(29-3)7-11-18/h4-13,22-23H,1-3H3. The predicted molar refractivity (Wildman–Crippen MR) is 115 cm³/mol. The van der Waals surface area contributed by atoms with E-state index in [2.05, 4.69) is 4.72 Å². The summed E-state index contributed by atoms with van der Waals surface area (Å²) in [6.45, 7) is 1.55. The molecule has 0 saturated heterocycles. The van der Waals surface area contributed by atoms with Crippen LogP contribution in [0.1, 0.15) is 5.56 Å². The summed E-state index contributed by atoms with van der Waals surface area (Å²) in [5.74, 6) is 0.480. The number of aromatic hydroxyl groups is 1. The molecule has 0 amide bonds. The van der Waals surface area contributed by atoms with E-state index in [9.17, 15) is 21.9 Å². The molecule has 0 aromatic heterocycles. The average Bonchev–Trinajstić information content (AvgIpc) is 2.75. The molecule has 0 fully saturated rings. The van der Waals surface area contributed by atoms with Crippen LogP contribution in [-0.4, -0.2) is 36.2 Å².